The number of furan rings is 1. The van der Waals surface area contributed by atoms with Crippen LogP contribution in [0.4, 0.5) is 0 Å². The highest BCUT2D eigenvalue weighted by atomic mass is 16.7. The Morgan fingerprint density at radius 3 is 2.21 bits per heavy atom. The van der Waals surface area contributed by atoms with Crippen LogP contribution in [0.3, 0.4) is 0 Å². The van der Waals surface area contributed by atoms with E-state index in [9.17, 15) is 0 Å². The largest absolute Gasteiger partial charge is 0.494 e. The van der Waals surface area contributed by atoms with Crippen LogP contribution in [0.15, 0.2) is 28.7 Å². The lowest BCUT2D eigenvalue weighted by Gasteiger charge is -2.32. The Morgan fingerprint density at radius 1 is 0.947 bits per heavy atom. The Labute approximate surface area is 114 Å². The number of hydrogen-bond acceptors (Lipinski definition) is 3. The molecule has 0 unspecified atom stereocenters. The molecular formula is C15H19BO3. The number of benzene rings is 1. The van der Waals surface area contributed by atoms with Crippen molar-refractivity contribution in [2.45, 2.75) is 45.8 Å². The molecular weight excluding hydrogens is 239 g/mol. The van der Waals surface area contributed by atoms with Gasteiger partial charge in [-0.1, -0.05) is 12.1 Å². The molecule has 2 heterocycles. The average Bonchev–Trinajstić information content (AvgIpc) is 2.74. The van der Waals surface area contributed by atoms with Crippen molar-refractivity contribution in [1.29, 1.82) is 0 Å². The van der Waals surface area contributed by atoms with Crippen molar-refractivity contribution in [3.63, 3.8) is 0 Å². The van der Waals surface area contributed by atoms with Crippen LogP contribution in [0.2, 0.25) is 0 Å². The van der Waals surface area contributed by atoms with Crippen LogP contribution >= 0.6 is 0 Å². The summed E-state index contributed by atoms with van der Waals surface area (Å²) in [5.41, 5.74) is 1.32. The van der Waals surface area contributed by atoms with Gasteiger partial charge in [0.25, 0.3) is 0 Å². The topological polar surface area (TPSA) is 31.6 Å². The van der Waals surface area contributed by atoms with Crippen molar-refractivity contribution < 1.29 is 13.7 Å². The number of aryl methyl sites for hydroxylation is 1. The van der Waals surface area contributed by atoms with E-state index in [1.54, 1.807) is 0 Å². The summed E-state index contributed by atoms with van der Waals surface area (Å²) in [5, 5.41) is 1.09. The molecule has 0 aliphatic carbocycles. The summed E-state index contributed by atoms with van der Waals surface area (Å²) in [6, 6.07) is 8.09. The molecule has 1 aromatic heterocycles. The molecule has 0 amide bonds. The van der Waals surface area contributed by atoms with E-state index in [0.717, 1.165) is 22.2 Å². The molecule has 2 aromatic rings. The van der Waals surface area contributed by atoms with E-state index in [0.29, 0.717) is 0 Å². The minimum absolute atomic E-state index is 0.307. The lowest BCUT2D eigenvalue weighted by atomic mass is 9.79. The van der Waals surface area contributed by atoms with Gasteiger partial charge < -0.3 is 13.7 Å². The zero-order chi connectivity index (χ0) is 13.8. The molecule has 3 nitrogen and oxygen atoms in total. The molecule has 0 N–H and O–H groups in total. The van der Waals surface area contributed by atoms with Crippen LogP contribution in [0, 0.1) is 6.92 Å². The van der Waals surface area contributed by atoms with Crippen molar-refractivity contribution in [1.82, 2.24) is 0 Å². The average molecular weight is 258 g/mol. The Balaban J connectivity index is 1.97. The van der Waals surface area contributed by atoms with Crippen LogP contribution in [0.1, 0.15) is 33.5 Å². The van der Waals surface area contributed by atoms with Crippen molar-refractivity contribution in [2.75, 3.05) is 0 Å². The maximum atomic E-state index is 6.05. The summed E-state index contributed by atoms with van der Waals surface area (Å²) in [4.78, 5) is 0. The lowest BCUT2D eigenvalue weighted by molar-refractivity contribution is 0.00578. The van der Waals surface area contributed by atoms with E-state index in [4.69, 9.17) is 13.7 Å². The highest BCUT2D eigenvalue weighted by molar-refractivity contribution is 6.62. The molecule has 0 saturated carbocycles. The van der Waals surface area contributed by atoms with E-state index in [2.05, 4.69) is 33.8 Å². The van der Waals surface area contributed by atoms with Gasteiger partial charge in [-0.05, 0) is 52.2 Å². The van der Waals surface area contributed by atoms with Gasteiger partial charge in [0.05, 0.1) is 11.2 Å². The molecule has 3 rings (SSSR count). The quantitative estimate of drug-likeness (QED) is 0.737. The minimum Gasteiger partial charge on any atom is -0.461 e. The van der Waals surface area contributed by atoms with E-state index in [1.807, 2.05) is 25.1 Å². The third-order valence-electron chi connectivity index (χ3n) is 4.19. The van der Waals surface area contributed by atoms with Crippen LogP contribution in [-0.4, -0.2) is 18.3 Å². The predicted molar refractivity (Wildman–Crippen MR) is 76.7 cm³/mol. The first-order valence-electron chi connectivity index (χ1n) is 6.64. The molecule has 1 fully saturated rings. The first kappa shape index (κ1) is 12.8. The van der Waals surface area contributed by atoms with Crippen molar-refractivity contribution in [2.24, 2.45) is 0 Å². The molecule has 100 valence electrons. The molecule has 1 aliphatic rings. The van der Waals surface area contributed by atoms with Gasteiger partial charge in [0.1, 0.15) is 11.3 Å². The second kappa shape index (κ2) is 3.87. The Bertz CT molecular complexity index is 611. The van der Waals surface area contributed by atoms with Gasteiger partial charge in [0.2, 0.25) is 0 Å². The van der Waals surface area contributed by atoms with Crippen LogP contribution in [0.5, 0.6) is 0 Å². The maximum Gasteiger partial charge on any atom is 0.494 e. The molecule has 0 spiro atoms. The van der Waals surface area contributed by atoms with Crippen LogP contribution in [-0.2, 0) is 9.31 Å². The molecule has 4 heteroatoms. The monoisotopic (exact) mass is 258 g/mol. The van der Waals surface area contributed by atoms with Gasteiger partial charge in [-0.15, -0.1) is 0 Å². The fourth-order valence-corrected chi connectivity index (χ4v) is 2.32. The summed E-state index contributed by atoms with van der Waals surface area (Å²) >= 11 is 0. The van der Waals surface area contributed by atoms with E-state index < -0.39 is 0 Å². The van der Waals surface area contributed by atoms with E-state index in [1.165, 1.54) is 0 Å². The Hall–Kier alpha value is -1.26. The van der Waals surface area contributed by atoms with Gasteiger partial charge in [-0.25, -0.2) is 0 Å². The second-order valence-electron chi connectivity index (χ2n) is 6.24. The molecule has 1 aromatic carbocycles. The first-order chi connectivity index (χ1) is 8.78. The smallest absolute Gasteiger partial charge is 0.461 e. The molecule has 1 saturated heterocycles. The van der Waals surface area contributed by atoms with Gasteiger partial charge in [-0.2, -0.15) is 0 Å². The molecule has 1 aliphatic heterocycles. The lowest BCUT2D eigenvalue weighted by Crippen LogP contribution is -2.41. The molecule has 0 radical (unpaired) electrons. The van der Waals surface area contributed by atoms with Crippen molar-refractivity contribution in [3.8, 4) is 0 Å². The number of hydrogen-bond donors (Lipinski definition) is 0. The zero-order valence-corrected chi connectivity index (χ0v) is 12.1. The third kappa shape index (κ3) is 1.99. The van der Waals surface area contributed by atoms with Crippen molar-refractivity contribution in [3.05, 3.63) is 30.0 Å². The van der Waals surface area contributed by atoms with Crippen molar-refractivity contribution >= 4 is 23.6 Å². The predicted octanol–water partition coefficient (Wildman–Crippen LogP) is 3.04. The molecule has 0 bridgehead atoms. The van der Waals surface area contributed by atoms with Gasteiger partial charge >= 0.3 is 7.12 Å². The van der Waals surface area contributed by atoms with Crippen LogP contribution in [0.25, 0.3) is 11.0 Å². The Morgan fingerprint density at radius 2 is 1.58 bits per heavy atom. The molecule has 0 atom stereocenters. The number of rotatable bonds is 1. The summed E-state index contributed by atoms with van der Waals surface area (Å²) in [6.45, 7) is 10.2. The van der Waals surface area contributed by atoms with E-state index in [-0.39, 0.29) is 18.3 Å². The maximum absolute atomic E-state index is 6.05. The Kier molecular flexibility index (Phi) is 2.60. The fraction of sp³-hybridized carbons (Fsp3) is 0.467. The highest BCUT2D eigenvalue weighted by Crippen LogP contribution is 2.36. The van der Waals surface area contributed by atoms with Gasteiger partial charge in [0.15, 0.2) is 0 Å². The molecule has 19 heavy (non-hydrogen) atoms. The standard InChI is InChI=1S/C15H19BO3/c1-10-8-11-9-12(6-7-13(11)17-10)16-18-14(2,3)15(4,5)19-16/h6-9H,1-5H3. The summed E-state index contributed by atoms with van der Waals surface area (Å²) in [7, 11) is -0.315. The minimum atomic E-state index is -0.315. The van der Waals surface area contributed by atoms with Crippen LogP contribution < -0.4 is 5.46 Å². The van der Waals surface area contributed by atoms with E-state index >= 15 is 0 Å². The number of fused-ring (bicyclic) bond motifs is 1. The SMILES string of the molecule is Cc1cc2cc(B3OC(C)(C)C(C)(C)O3)ccc2o1. The van der Waals surface area contributed by atoms with Gasteiger partial charge in [0, 0.05) is 5.39 Å². The zero-order valence-electron chi connectivity index (χ0n) is 12.1. The first-order valence-corrected chi connectivity index (χ1v) is 6.64. The van der Waals surface area contributed by atoms with Gasteiger partial charge in [-0.3, -0.25) is 0 Å². The second-order valence-corrected chi connectivity index (χ2v) is 6.24. The summed E-state index contributed by atoms with van der Waals surface area (Å²) in [6.07, 6.45) is 0. The fourth-order valence-electron chi connectivity index (χ4n) is 2.32. The third-order valence-corrected chi connectivity index (χ3v) is 4.19. The normalized spacial score (nSPS) is 21.2. The summed E-state index contributed by atoms with van der Waals surface area (Å²) < 4.78 is 17.7. The highest BCUT2D eigenvalue weighted by Gasteiger charge is 2.51. The summed E-state index contributed by atoms with van der Waals surface area (Å²) in [5.74, 6) is 0.918.